The van der Waals surface area contributed by atoms with E-state index in [1.54, 1.807) is 0 Å². The number of Topliss-reactive ketones (excluding diaryl/α,β-unsaturated/α-hetero) is 1. The van der Waals surface area contributed by atoms with Crippen LogP contribution in [0.3, 0.4) is 0 Å². The van der Waals surface area contributed by atoms with Gasteiger partial charge in [-0.15, -0.1) is 0 Å². The fourth-order valence-corrected chi connectivity index (χ4v) is 3.38. The number of ketones is 1. The summed E-state index contributed by atoms with van der Waals surface area (Å²) in [6, 6.07) is 3.48. The predicted octanol–water partition coefficient (Wildman–Crippen LogP) is 2.93. The Morgan fingerprint density at radius 1 is 1.45 bits per heavy atom. The minimum atomic E-state index is -0.501. The second-order valence-electron chi connectivity index (χ2n) is 5.72. The summed E-state index contributed by atoms with van der Waals surface area (Å²) in [6.07, 6.45) is 1.01. The zero-order valence-electron chi connectivity index (χ0n) is 11.9. The molecule has 0 atom stereocenters. The molecule has 0 radical (unpaired) electrons. The number of carbonyl (C=O) groups is 1. The molecule has 1 aromatic carbocycles. The number of benzene rings is 1. The third kappa shape index (κ3) is 3.96. The van der Waals surface area contributed by atoms with Gasteiger partial charge in [0, 0.05) is 17.0 Å². The Hall–Kier alpha value is -1.07. The molecule has 1 heterocycles. The molecule has 0 bridgehead atoms. The molecule has 1 saturated heterocycles. The van der Waals surface area contributed by atoms with Crippen LogP contribution in [-0.4, -0.2) is 45.9 Å². The number of thioether (sulfide) groups is 1. The van der Waals surface area contributed by atoms with Gasteiger partial charge < -0.3 is 5.11 Å². The van der Waals surface area contributed by atoms with Gasteiger partial charge in [-0.05, 0) is 31.2 Å². The quantitative estimate of drug-likeness (QED) is 0.871. The maximum absolute atomic E-state index is 13.2. The molecule has 1 aliphatic rings. The molecule has 0 saturated carbocycles. The Bertz CT molecular complexity index is 505. The van der Waals surface area contributed by atoms with Crippen molar-refractivity contribution < 1.29 is 14.3 Å². The van der Waals surface area contributed by atoms with Crippen LogP contribution in [0, 0.1) is 5.82 Å². The van der Waals surface area contributed by atoms with E-state index in [-0.39, 0.29) is 28.4 Å². The smallest absolute Gasteiger partial charge is 0.180 e. The van der Waals surface area contributed by atoms with Crippen LogP contribution in [0.1, 0.15) is 30.6 Å². The summed E-state index contributed by atoms with van der Waals surface area (Å²) >= 11 is 1.91. The molecule has 1 fully saturated rings. The molecule has 3 nitrogen and oxygen atoms in total. The molecule has 0 amide bonds. The third-order valence-corrected chi connectivity index (χ3v) is 4.93. The number of nitrogens with zero attached hydrogens (tertiary/aromatic N) is 1. The predicted molar refractivity (Wildman–Crippen MR) is 80.0 cm³/mol. The summed E-state index contributed by atoms with van der Waals surface area (Å²) in [5, 5.41) is 9.66. The van der Waals surface area contributed by atoms with Gasteiger partial charge in [-0.1, -0.05) is 13.8 Å². The zero-order valence-corrected chi connectivity index (χ0v) is 12.7. The van der Waals surface area contributed by atoms with Crippen molar-refractivity contribution >= 4 is 17.5 Å². The van der Waals surface area contributed by atoms with Gasteiger partial charge >= 0.3 is 0 Å². The normalized spacial score (nSPS) is 19.6. The maximum Gasteiger partial charge on any atom is 0.180 e. The number of hydrogen-bond acceptors (Lipinski definition) is 4. The topological polar surface area (TPSA) is 40.5 Å². The van der Waals surface area contributed by atoms with Crippen LogP contribution >= 0.6 is 11.8 Å². The lowest BCUT2D eigenvalue weighted by molar-refractivity contribution is 0.0930. The first-order valence-electron chi connectivity index (χ1n) is 6.75. The molecule has 1 N–H and O–H groups in total. The molecule has 0 aromatic heterocycles. The van der Waals surface area contributed by atoms with Gasteiger partial charge in [-0.3, -0.25) is 9.69 Å². The van der Waals surface area contributed by atoms with Crippen LogP contribution in [0.2, 0.25) is 0 Å². The van der Waals surface area contributed by atoms with E-state index in [4.69, 9.17) is 0 Å². The first-order valence-corrected chi connectivity index (χ1v) is 7.74. The Labute approximate surface area is 123 Å². The van der Waals surface area contributed by atoms with Crippen LogP contribution in [0.5, 0.6) is 5.75 Å². The number of aromatic hydroxyl groups is 1. The Kier molecular flexibility index (Phi) is 4.70. The number of phenols is 1. The van der Waals surface area contributed by atoms with E-state index in [0.29, 0.717) is 0 Å². The van der Waals surface area contributed by atoms with Gasteiger partial charge in [0.1, 0.15) is 11.6 Å². The van der Waals surface area contributed by atoms with E-state index < -0.39 is 5.82 Å². The number of rotatable bonds is 3. The van der Waals surface area contributed by atoms with Gasteiger partial charge in [-0.25, -0.2) is 4.39 Å². The SMILES string of the molecule is CC1(C)CCN(CC(=O)c2cc(F)ccc2O)CCS1. The summed E-state index contributed by atoms with van der Waals surface area (Å²) in [4.78, 5) is 14.3. The number of carbonyl (C=O) groups excluding carboxylic acids is 1. The van der Waals surface area contributed by atoms with Crippen molar-refractivity contribution in [2.24, 2.45) is 0 Å². The van der Waals surface area contributed by atoms with Crippen LogP contribution in [0.25, 0.3) is 0 Å². The monoisotopic (exact) mass is 297 g/mol. The summed E-state index contributed by atoms with van der Waals surface area (Å²) < 4.78 is 13.4. The molecular weight excluding hydrogens is 277 g/mol. The largest absolute Gasteiger partial charge is 0.507 e. The van der Waals surface area contributed by atoms with Crippen molar-refractivity contribution in [1.82, 2.24) is 4.90 Å². The molecule has 2 rings (SSSR count). The summed E-state index contributed by atoms with van der Waals surface area (Å²) in [7, 11) is 0. The molecule has 5 heteroatoms. The zero-order chi connectivity index (χ0) is 14.8. The van der Waals surface area contributed by atoms with Crippen molar-refractivity contribution in [2.75, 3.05) is 25.4 Å². The van der Waals surface area contributed by atoms with Crippen LogP contribution in [0.4, 0.5) is 4.39 Å². The Balaban J connectivity index is 2.02. The van der Waals surface area contributed by atoms with E-state index >= 15 is 0 Å². The molecule has 0 spiro atoms. The first-order chi connectivity index (χ1) is 9.37. The van der Waals surface area contributed by atoms with Gasteiger partial charge in [0.05, 0.1) is 12.1 Å². The van der Waals surface area contributed by atoms with E-state index in [0.717, 1.165) is 37.4 Å². The summed E-state index contributed by atoms with van der Waals surface area (Å²) in [5.74, 6) is 0.0985. The van der Waals surface area contributed by atoms with Gasteiger partial charge in [0.2, 0.25) is 0 Å². The second kappa shape index (κ2) is 6.14. The fourth-order valence-electron chi connectivity index (χ4n) is 2.24. The van der Waals surface area contributed by atoms with Crippen molar-refractivity contribution in [1.29, 1.82) is 0 Å². The van der Waals surface area contributed by atoms with E-state index in [1.807, 2.05) is 11.8 Å². The van der Waals surface area contributed by atoms with Crippen molar-refractivity contribution in [3.63, 3.8) is 0 Å². The Morgan fingerprint density at radius 3 is 2.95 bits per heavy atom. The van der Waals surface area contributed by atoms with Crippen LogP contribution < -0.4 is 0 Å². The summed E-state index contributed by atoms with van der Waals surface area (Å²) in [6.45, 7) is 6.34. The highest BCUT2D eigenvalue weighted by Gasteiger charge is 2.25. The van der Waals surface area contributed by atoms with Crippen molar-refractivity contribution in [3.8, 4) is 5.75 Å². The van der Waals surface area contributed by atoms with Crippen LogP contribution in [-0.2, 0) is 0 Å². The minimum absolute atomic E-state index is 0.0705. The molecule has 1 aliphatic heterocycles. The average molecular weight is 297 g/mol. The van der Waals surface area contributed by atoms with Crippen molar-refractivity contribution in [2.45, 2.75) is 25.0 Å². The maximum atomic E-state index is 13.2. The van der Waals surface area contributed by atoms with Crippen LogP contribution in [0.15, 0.2) is 18.2 Å². The second-order valence-corrected chi connectivity index (χ2v) is 7.52. The molecule has 0 unspecified atom stereocenters. The molecule has 110 valence electrons. The molecule has 0 aliphatic carbocycles. The number of halogens is 1. The fraction of sp³-hybridized carbons (Fsp3) is 0.533. The van der Waals surface area contributed by atoms with E-state index in [1.165, 1.54) is 6.07 Å². The first kappa shape index (κ1) is 15.3. The average Bonchev–Trinajstić information content (AvgIpc) is 2.54. The Morgan fingerprint density at radius 2 is 2.20 bits per heavy atom. The third-order valence-electron chi connectivity index (χ3n) is 3.56. The molecule has 1 aromatic rings. The minimum Gasteiger partial charge on any atom is -0.507 e. The highest BCUT2D eigenvalue weighted by Crippen LogP contribution is 2.30. The lowest BCUT2D eigenvalue weighted by atomic mass is 10.1. The van der Waals surface area contributed by atoms with E-state index in [9.17, 15) is 14.3 Å². The van der Waals surface area contributed by atoms with E-state index in [2.05, 4.69) is 18.7 Å². The highest BCUT2D eigenvalue weighted by molar-refractivity contribution is 8.00. The molecule has 20 heavy (non-hydrogen) atoms. The van der Waals surface area contributed by atoms with Gasteiger partial charge in [-0.2, -0.15) is 11.8 Å². The number of hydrogen-bond donors (Lipinski definition) is 1. The highest BCUT2D eigenvalue weighted by atomic mass is 32.2. The summed E-state index contributed by atoms with van der Waals surface area (Å²) in [5.41, 5.74) is 0.0705. The lowest BCUT2D eigenvalue weighted by Gasteiger charge is -2.22. The van der Waals surface area contributed by atoms with Gasteiger partial charge in [0.15, 0.2) is 5.78 Å². The van der Waals surface area contributed by atoms with Crippen molar-refractivity contribution in [3.05, 3.63) is 29.6 Å². The lowest BCUT2D eigenvalue weighted by Crippen LogP contribution is -2.32. The number of phenolic OH excluding ortho intramolecular Hbond substituents is 1. The standard InChI is InChI=1S/C15H20FNO2S/c1-15(2)5-6-17(7-8-20-15)10-14(19)12-9-11(16)3-4-13(12)18/h3-4,9,18H,5-8,10H2,1-2H3. The van der Waals surface area contributed by atoms with Gasteiger partial charge in [0.25, 0.3) is 0 Å². The molecular formula is C15H20FNO2S.